The quantitative estimate of drug-likeness (QED) is 0.705. The van der Waals surface area contributed by atoms with Gasteiger partial charge in [-0.25, -0.2) is 13.2 Å². The predicted octanol–water partition coefficient (Wildman–Crippen LogP) is 3.35. The van der Waals surface area contributed by atoms with Crippen LogP contribution >= 0.6 is 11.8 Å². The molecule has 1 fully saturated rings. The van der Waals surface area contributed by atoms with Gasteiger partial charge < -0.3 is 15.1 Å². The number of nitrogens with one attached hydrogen (secondary N) is 1. The smallest absolute Gasteiger partial charge is 0.317 e. The molecule has 3 rings (SSSR count). The van der Waals surface area contributed by atoms with Crippen LogP contribution in [0.25, 0.3) is 0 Å². The van der Waals surface area contributed by atoms with Gasteiger partial charge in [0.1, 0.15) is 0 Å². The van der Waals surface area contributed by atoms with Crippen molar-refractivity contribution in [3.8, 4) is 0 Å². The Hall–Kier alpha value is -2.03. The number of likely N-dealkylation sites (N-methyl/N-ethyl adjacent to an activating group) is 1. The van der Waals surface area contributed by atoms with E-state index >= 15 is 0 Å². The second-order valence-electron chi connectivity index (χ2n) is 7.68. The van der Waals surface area contributed by atoms with E-state index in [1.807, 2.05) is 61.5 Å². The third-order valence-corrected chi connectivity index (χ3v) is 8.28. The molecule has 0 unspecified atom stereocenters. The predicted molar refractivity (Wildman–Crippen MR) is 121 cm³/mol. The summed E-state index contributed by atoms with van der Waals surface area (Å²) in [6.45, 7) is 2.11. The molecule has 0 bridgehead atoms. The first kappa shape index (κ1) is 22.7. The summed E-state index contributed by atoms with van der Waals surface area (Å²) < 4.78 is 26.3. The van der Waals surface area contributed by atoms with Crippen LogP contribution in [-0.2, 0) is 9.84 Å². The molecule has 1 heterocycles. The van der Waals surface area contributed by atoms with Crippen molar-refractivity contribution in [2.24, 2.45) is 0 Å². The maximum atomic E-state index is 13.2. The number of carbonyl (C=O) groups is 1. The molecule has 0 saturated carbocycles. The van der Waals surface area contributed by atoms with Crippen molar-refractivity contribution in [1.82, 2.24) is 15.1 Å². The van der Waals surface area contributed by atoms with Crippen molar-refractivity contribution >= 4 is 27.6 Å². The lowest BCUT2D eigenvalue weighted by atomic mass is 10.1. The Balaban J connectivity index is 1.63. The fraction of sp³-hybridized carbons (Fsp3) is 0.409. The Kier molecular flexibility index (Phi) is 7.80. The van der Waals surface area contributed by atoms with Crippen molar-refractivity contribution in [2.75, 3.05) is 40.3 Å². The minimum atomic E-state index is -3.49. The zero-order valence-electron chi connectivity index (χ0n) is 17.5. The summed E-state index contributed by atoms with van der Waals surface area (Å²) in [4.78, 5) is 18.4. The van der Waals surface area contributed by atoms with Crippen molar-refractivity contribution in [3.63, 3.8) is 0 Å². The van der Waals surface area contributed by atoms with Crippen molar-refractivity contribution in [3.05, 3.63) is 54.6 Å². The molecule has 2 aromatic carbocycles. The fourth-order valence-electron chi connectivity index (χ4n) is 3.39. The molecular formula is C22H29N3O3S2. The van der Waals surface area contributed by atoms with Crippen LogP contribution in [0, 0.1) is 0 Å². The van der Waals surface area contributed by atoms with Gasteiger partial charge in [0.25, 0.3) is 0 Å². The number of sulfone groups is 1. The maximum absolute atomic E-state index is 13.2. The van der Waals surface area contributed by atoms with Crippen LogP contribution in [0.4, 0.5) is 4.79 Å². The van der Waals surface area contributed by atoms with Gasteiger partial charge in [-0.2, -0.15) is 0 Å². The van der Waals surface area contributed by atoms with Crippen LogP contribution in [0.5, 0.6) is 0 Å². The molecule has 1 atom stereocenters. The average molecular weight is 448 g/mol. The summed E-state index contributed by atoms with van der Waals surface area (Å²) in [5, 5.41) is 2.30. The van der Waals surface area contributed by atoms with Crippen molar-refractivity contribution in [1.29, 1.82) is 0 Å². The van der Waals surface area contributed by atoms with E-state index in [-0.39, 0.29) is 12.6 Å². The number of amides is 2. The third-order valence-electron chi connectivity index (χ3n) is 5.07. The van der Waals surface area contributed by atoms with E-state index in [1.165, 1.54) is 0 Å². The Morgan fingerprint density at radius 1 is 1.10 bits per heavy atom. The molecule has 2 amide bonds. The number of hydrogen-bond acceptors (Lipinski definition) is 5. The van der Waals surface area contributed by atoms with E-state index in [4.69, 9.17) is 0 Å². The standard InChI is InChI=1S/C22H29N3O3S2/c1-24(2)16-14-23-22(26)25-15-6-9-21(17-25)30(27,28)20-12-10-19(11-13-20)29-18-7-4-3-5-8-18/h3-5,7-8,10-13,21H,6,9,14-17H2,1-2H3,(H,23,26)/t21-/m1/s1. The SMILES string of the molecule is CN(C)CCNC(=O)N1CCC[C@@H](S(=O)(=O)c2ccc(Sc3ccccc3)cc2)C1. The largest absolute Gasteiger partial charge is 0.337 e. The topological polar surface area (TPSA) is 69.7 Å². The molecule has 1 aliphatic rings. The normalized spacial score (nSPS) is 17.2. The molecule has 30 heavy (non-hydrogen) atoms. The Labute approximate surface area is 183 Å². The van der Waals surface area contributed by atoms with Gasteiger partial charge in [-0.15, -0.1) is 0 Å². The highest BCUT2D eigenvalue weighted by atomic mass is 32.2. The van der Waals surface area contributed by atoms with Gasteiger partial charge in [0.05, 0.1) is 10.1 Å². The molecule has 0 radical (unpaired) electrons. The van der Waals surface area contributed by atoms with Gasteiger partial charge in [-0.05, 0) is 63.3 Å². The van der Waals surface area contributed by atoms with Gasteiger partial charge in [-0.1, -0.05) is 30.0 Å². The van der Waals surface area contributed by atoms with E-state index in [1.54, 1.807) is 28.8 Å². The van der Waals surface area contributed by atoms with Gasteiger partial charge in [0.2, 0.25) is 0 Å². The van der Waals surface area contributed by atoms with Gasteiger partial charge in [-0.3, -0.25) is 0 Å². The van der Waals surface area contributed by atoms with Crippen LogP contribution < -0.4 is 5.32 Å². The number of carbonyl (C=O) groups excluding carboxylic acids is 1. The second-order valence-corrected chi connectivity index (χ2v) is 11.1. The highest BCUT2D eigenvalue weighted by molar-refractivity contribution is 7.99. The molecule has 1 aliphatic heterocycles. The lowest BCUT2D eigenvalue weighted by molar-refractivity contribution is 0.186. The summed E-state index contributed by atoms with van der Waals surface area (Å²) >= 11 is 1.60. The first-order chi connectivity index (χ1) is 14.4. The summed E-state index contributed by atoms with van der Waals surface area (Å²) in [7, 11) is 0.396. The molecule has 0 spiro atoms. The summed E-state index contributed by atoms with van der Waals surface area (Å²) in [5.41, 5.74) is 0. The third kappa shape index (κ3) is 6.00. The number of urea groups is 1. The van der Waals surface area contributed by atoms with Crippen LogP contribution in [0.3, 0.4) is 0 Å². The van der Waals surface area contributed by atoms with Crippen molar-refractivity contribution < 1.29 is 13.2 Å². The molecule has 0 aliphatic carbocycles. The van der Waals surface area contributed by atoms with E-state index in [9.17, 15) is 13.2 Å². The van der Waals surface area contributed by atoms with E-state index in [0.29, 0.717) is 30.8 Å². The Morgan fingerprint density at radius 3 is 2.43 bits per heavy atom. The van der Waals surface area contributed by atoms with Gasteiger partial charge in [0, 0.05) is 36.0 Å². The molecule has 162 valence electrons. The molecule has 6 nitrogen and oxygen atoms in total. The van der Waals surface area contributed by atoms with E-state index in [2.05, 4.69) is 5.32 Å². The van der Waals surface area contributed by atoms with Gasteiger partial charge >= 0.3 is 6.03 Å². The highest BCUT2D eigenvalue weighted by Crippen LogP contribution is 2.30. The number of rotatable bonds is 7. The van der Waals surface area contributed by atoms with Crippen molar-refractivity contribution in [2.45, 2.75) is 32.8 Å². The second kappa shape index (κ2) is 10.3. The average Bonchev–Trinajstić information content (AvgIpc) is 2.74. The van der Waals surface area contributed by atoms with Crippen LogP contribution in [-0.4, -0.2) is 69.8 Å². The van der Waals surface area contributed by atoms with E-state index < -0.39 is 15.1 Å². The first-order valence-corrected chi connectivity index (χ1v) is 12.5. The number of piperidine rings is 1. The fourth-order valence-corrected chi connectivity index (χ4v) is 5.98. The number of hydrogen-bond donors (Lipinski definition) is 1. The van der Waals surface area contributed by atoms with Crippen LogP contribution in [0.1, 0.15) is 12.8 Å². The number of benzene rings is 2. The van der Waals surface area contributed by atoms with E-state index in [0.717, 1.165) is 16.3 Å². The maximum Gasteiger partial charge on any atom is 0.317 e. The Morgan fingerprint density at radius 2 is 1.77 bits per heavy atom. The molecule has 0 aromatic heterocycles. The zero-order chi connectivity index (χ0) is 21.6. The summed E-state index contributed by atoms with van der Waals surface area (Å²) in [5.74, 6) is 0. The highest BCUT2D eigenvalue weighted by Gasteiger charge is 2.33. The molecule has 1 N–H and O–H groups in total. The molecule has 2 aromatic rings. The molecule has 8 heteroatoms. The van der Waals surface area contributed by atoms with Crippen LogP contribution in [0.15, 0.2) is 69.3 Å². The molecule has 1 saturated heterocycles. The summed E-state index contributed by atoms with van der Waals surface area (Å²) in [6.07, 6.45) is 1.26. The molecular weight excluding hydrogens is 418 g/mol. The zero-order valence-corrected chi connectivity index (χ0v) is 19.1. The first-order valence-electron chi connectivity index (χ1n) is 10.1. The van der Waals surface area contributed by atoms with Crippen LogP contribution in [0.2, 0.25) is 0 Å². The number of likely N-dealkylation sites (tertiary alicyclic amines) is 1. The Bertz CT molecular complexity index is 932. The number of nitrogens with zero attached hydrogens (tertiary/aromatic N) is 2. The lowest BCUT2D eigenvalue weighted by Gasteiger charge is -2.32. The minimum Gasteiger partial charge on any atom is -0.337 e. The summed E-state index contributed by atoms with van der Waals surface area (Å²) in [6, 6.07) is 16.8. The van der Waals surface area contributed by atoms with Gasteiger partial charge in [0.15, 0.2) is 9.84 Å². The minimum absolute atomic E-state index is 0.189. The monoisotopic (exact) mass is 447 g/mol. The lowest BCUT2D eigenvalue weighted by Crippen LogP contribution is -2.49.